The molecule has 41 heavy (non-hydrogen) atoms. The lowest BCUT2D eigenvalue weighted by Crippen LogP contribution is -2.45. The normalized spacial score (nSPS) is 17.6. The fraction of sp³-hybridized carbons (Fsp3) is 0.400. The van der Waals surface area contributed by atoms with Crippen LogP contribution in [0.15, 0.2) is 23.1 Å². The lowest BCUT2D eigenvalue weighted by Gasteiger charge is -2.37. The second kappa shape index (κ2) is 9.57. The molecule has 0 spiro atoms. The maximum Gasteiger partial charge on any atom is 0.453 e. The predicted octanol–water partition coefficient (Wildman–Crippen LogP) is 2.37. The molecule has 3 aromatic heterocycles. The van der Waals surface area contributed by atoms with Gasteiger partial charge >= 0.3 is 6.18 Å². The number of anilines is 2. The molecule has 16 heteroatoms. The standard InChI is InChI=1S/C25H25F4N9O3/c1-12-8-17(38-24(30-12)31-23(34-38)25(27,28)29)32-33-22(40)15-10-37-13(2)11-41-21-18(37)14(20(15)39)9-16(26)19(21)36-6-4-35(3)5-7-36/h8-10,13,32H,4-7,11H2,1-3H3,(H,33,40)/t13-/m0/s1. The summed E-state index contributed by atoms with van der Waals surface area (Å²) < 4.78 is 63.5. The number of hydrogen-bond acceptors (Lipinski definition) is 9. The number of halogens is 4. The van der Waals surface area contributed by atoms with Gasteiger partial charge in [-0.25, -0.2) is 9.37 Å². The van der Waals surface area contributed by atoms with Gasteiger partial charge in [0, 0.05) is 44.1 Å². The Hall–Kier alpha value is -4.47. The molecule has 2 aliphatic rings. The van der Waals surface area contributed by atoms with E-state index in [1.807, 2.05) is 18.9 Å². The van der Waals surface area contributed by atoms with E-state index in [0.717, 1.165) is 23.7 Å². The van der Waals surface area contributed by atoms with Crippen LogP contribution in [-0.2, 0) is 6.18 Å². The van der Waals surface area contributed by atoms with Gasteiger partial charge < -0.3 is 19.1 Å². The lowest BCUT2D eigenvalue weighted by molar-refractivity contribution is -0.144. The molecule has 6 rings (SSSR count). The smallest absolute Gasteiger partial charge is 0.453 e. The molecule has 1 fully saturated rings. The average molecular weight is 576 g/mol. The minimum Gasteiger partial charge on any atom is -0.487 e. The highest BCUT2D eigenvalue weighted by molar-refractivity contribution is 6.00. The number of nitrogens with zero attached hydrogens (tertiary/aromatic N) is 7. The minimum atomic E-state index is -4.80. The SMILES string of the molecule is Cc1cc(NNC(=O)c2cn3c4c(c(N5CCN(C)CC5)c(F)cc4c2=O)OC[C@@H]3C)n2nc(C(F)(F)F)nc2n1. The van der Waals surface area contributed by atoms with Gasteiger partial charge in [-0.05, 0) is 27.0 Å². The monoisotopic (exact) mass is 575 g/mol. The van der Waals surface area contributed by atoms with Crippen LogP contribution < -0.4 is 25.9 Å². The number of aromatic nitrogens is 5. The van der Waals surface area contributed by atoms with E-state index in [2.05, 4.69) is 30.8 Å². The first kappa shape index (κ1) is 26.7. The van der Waals surface area contributed by atoms with Crippen LogP contribution in [0.3, 0.4) is 0 Å². The number of benzene rings is 1. The van der Waals surface area contributed by atoms with Crippen LogP contribution >= 0.6 is 0 Å². The van der Waals surface area contributed by atoms with Crippen LogP contribution in [0.5, 0.6) is 5.75 Å². The second-order valence-electron chi connectivity index (χ2n) is 10.2. The number of carbonyl (C=O) groups is 1. The van der Waals surface area contributed by atoms with Crippen molar-refractivity contribution in [1.82, 2.24) is 34.5 Å². The van der Waals surface area contributed by atoms with Crippen molar-refractivity contribution >= 4 is 34.1 Å². The van der Waals surface area contributed by atoms with Gasteiger partial charge in [-0.15, -0.1) is 5.10 Å². The molecule has 12 nitrogen and oxygen atoms in total. The molecule has 0 saturated carbocycles. The molecular formula is C25H25F4N9O3. The zero-order valence-corrected chi connectivity index (χ0v) is 22.2. The van der Waals surface area contributed by atoms with E-state index in [1.165, 1.54) is 19.2 Å². The van der Waals surface area contributed by atoms with E-state index in [4.69, 9.17) is 4.74 Å². The van der Waals surface area contributed by atoms with E-state index in [1.54, 1.807) is 4.57 Å². The minimum absolute atomic E-state index is 0.0252. The molecule has 0 radical (unpaired) electrons. The summed E-state index contributed by atoms with van der Waals surface area (Å²) in [4.78, 5) is 38.1. The topological polar surface area (TPSA) is 122 Å². The predicted molar refractivity (Wildman–Crippen MR) is 140 cm³/mol. The van der Waals surface area contributed by atoms with Crippen LogP contribution in [-0.4, -0.2) is 74.8 Å². The number of carbonyl (C=O) groups excluding carboxylic acids is 1. The number of ether oxygens (including phenoxy) is 1. The van der Waals surface area contributed by atoms with Crippen molar-refractivity contribution in [2.45, 2.75) is 26.1 Å². The first-order valence-electron chi connectivity index (χ1n) is 12.8. The van der Waals surface area contributed by atoms with E-state index in [0.29, 0.717) is 24.3 Å². The Bertz CT molecular complexity index is 1760. The first-order valence-corrected chi connectivity index (χ1v) is 12.8. The summed E-state index contributed by atoms with van der Waals surface area (Å²) in [7, 11) is 1.99. The van der Waals surface area contributed by atoms with Crippen LogP contribution in [0.4, 0.5) is 29.1 Å². The number of hydrazine groups is 1. The summed E-state index contributed by atoms with van der Waals surface area (Å²) in [5.74, 6) is -3.07. The van der Waals surface area contributed by atoms with E-state index >= 15 is 4.39 Å². The maximum atomic E-state index is 15.6. The number of hydrogen-bond donors (Lipinski definition) is 2. The third-order valence-electron chi connectivity index (χ3n) is 7.20. The highest BCUT2D eigenvalue weighted by Gasteiger charge is 2.37. The van der Waals surface area contributed by atoms with Crippen molar-refractivity contribution < 1.29 is 27.1 Å². The van der Waals surface area contributed by atoms with Gasteiger partial charge in [-0.2, -0.15) is 22.7 Å². The number of nitrogens with one attached hydrogen (secondary N) is 2. The van der Waals surface area contributed by atoms with Gasteiger partial charge in [0.1, 0.15) is 17.9 Å². The van der Waals surface area contributed by atoms with Gasteiger partial charge in [0.15, 0.2) is 17.4 Å². The number of piperazine rings is 1. The molecule has 0 unspecified atom stereocenters. The number of amides is 1. The molecule has 0 bridgehead atoms. The summed E-state index contributed by atoms with van der Waals surface area (Å²) in [6.07, 6.45) is -3.42. The van der Waals surface area contributed by atoms with Crippen molar-refractivity contribution in [1.29, 1.82) is 0 Å². The van der Waals surface area contributed by atoms with Gasteiger partial charge in [0.25, 0.3) is 17.5 Å². The number of fused-ring (bicyclic) bond motifs is 1. The van der Waals surface area contributed by atoms with E-state index < -0.39 is 29.2 Å². The molecule has 1 saturated heterocycles. The summed E-state index contributed by atoms with van der Waals surface area (Å²) in [6.45, 7) is 6.20. The molecule has 1 atom stereocenters. The van der Waals surface area contributed by atoms with Crippen LogP contribution in [0.25, 0.3) is 16.7 Å². The Kier molecular flexibility index (Phi) is 6.24. The van der Waals surface area contributed by atoms with Crippen LogP contribution in [0.1, 0.15) is 34.8 Å². The molecule has 2 aliphatic heterocycles. The molecule has 2 N–H and O–H groups in total. The highest BCUT2D eigenvalue weighted by Crippen LogP contribution is 2.42. The summed E-state index contributed by atoms with van der Waals surface area (Å²) in [5, 5.41) is 3.40. The third-order valence-corrected chi connectivity index (χ3v) is 7.20. The molecule has 1 aromatic carbocycles. The maximum absolute atomic E-state index is 15.6. The first-order chi connectivity index (χ1) is 19.4. The Balaban J connectivity index is 1.37. The Morgan fingerprint density at radius 2 is 1.88 bits per heavy atom. The van der Waals surface area contributed by atoms with Gasteiger partial charge in [0.05, 0.1) is 16.9 Å². The van der Waals surface area contributed by atoms with E-state index in [-0.39, 0.29) is 46.6 Å². The van der Waals surface area contributed by atoms with Gasteiger partial charge in [-0.3, -0.25) is 20.4 Å². The average Bonchev–Trinajstić information content (AvgIpc) is 3.36. The lowest BCUT2D eigenvalue weighted by atomic mass is 10.0. The number of likely N-dealkylation sites (N-methyl/N-ethyl adjacent to an activating group) is 1. The van der Waals surface area contributed by atoms with Crippen molar-refractivity contribution in [2.75, 3.05) is 50.2 Å². The fourth-order valence-corrected chi connectivity index (χ4v) is 5.08. The quantitative estimate of drug-likeness (QED) is 0.279. The van der Waals surface area contributed by atoms with Crippen LogP contribution in [0.2, 0.25) is 0 Å². The third kappa shape index (κ3) is 4.57. The van der Waals surface area contributed by atoms with Crippen molar-refractivity contribution in [2.24, 2.45) is 0 Å². The number of rotatable bonds is 4. The molecule has 0 aliphatic carbocycles. The molecule has 4 aromatic rings. The van der Waals surface area contributed by atoms with Crippen LogP contribution in [0, 0.1) is 12.7 Å². The molecule has 1 amide bonds. The van der Waals surface area contributed by atoms with Crippen molar-refractivity contribution in [3.8, 4) is 5.75 Å². The number of aryl methyl sites for hydroxylation is 1. The zero-order chi connectivity index (χ0) is 29.2. The zero-order valence-electron chi connectivity index (χ0n) is 22.2. The number of alkyl halides is 3. The highest BCUT2D eigenvalue weighted by atomic mass is 19.4. The summed E-state index contributed by atoms with van der Waals surface area (Å²) in [6, 6.07) is 2.19. The Morgan fingerprint density at radius 1 is 1.15 bits per heavy atom. The molecule has 5 heterocycles. The van der Waals surface area contributed by atoms with Gasteiger partial charge in [-0.1, -0.05) is 0 Å². The Morgan fingerprint density at radius 3 is 2.59 bits per heavy atom. The summed E-state index contributed by atoms with van der Waals surface area (Å²) in [5.41, 5.74) is 4.79. The van der Waals surface area contributed by atoms with Crippen molar-refractivity contribution in [3.63, 3.8) is 0 Å². The molecule has 216 valence electrons. The van der Waals surface area contributed by atoms with E-state index in [9.17, 15) is 22.8 Å². The summed E-state index contributed by atoms with van der Waals surface area (Å²) >= 11 is 0. The second-order valence-corrected chi connectivity index (χ2v) is 10.2. The molecular weight excluding hydrogens is 550 g/mol. The van der Waals surface area contributed by atoms with Crippen molar-refractivity contribution in [3.05, 3.63) is 51.5 Å². The number of pyridine rings is 1. The fourth-order valence-electron chi connectivity index (χ4n) is 5.08. The van der Waals surface area contributed by atoms with Gasteiger partial charge in [0.2, 0.25) is 5.43 Å². The Labute approximate surface area is 229 Å². The largest absolute Gasteiger partial charge is 0.487 e.